The van der Waals surface area contributed by atoms with Gasteiger partial charge in [0.05, 0.1) is 6.61 Å². The first-order valence-corrected chi connectivity index (χ1v) is 7.94. The number of anilines is 1. The third-order valence-corrected chi connectivity index (χ3v) is 4.13. The van der Waals surface area contributed by atoms with E-state index in [1.807, 2.05) is 6.92 Å². The van der Waals surface area contributed by atoms with Crippen LogP contribution in [0.3, 0.4) is 0 Å². The summed E-state index contributed by atoms with van der Waals surface area (Å²) in [6.45, 7) is 3.45. The van der Waals surface area contributed by atoms with Gasteiger partial charge in [0.2, 0.25) is 5.88 Å². The average Bonchev–Trinajstić information content (AvgIpc) is 2.55. The van der Waals surface area contributed by atoms with Crippen LogP contribution in [0.4, 0.5) is 5.82 Å². The Balaban J connectivity index is 1.52. The first kappa shape index (κ1) is 15.0. The number of nitrogens with zero attached hydrogens (tertiary/aromatic N) is 3. The normalized spacial score (nSPS) is 13.4. The van der Waals surface area contributed by atoms with Crippen molar-refractivity contribution in [2.45, 2.75) is 32.6 Å². The van der Waals surface area contributed by atoms with Crippen LogP contribution in [-0.4, -0.2) is 28.1 Å². The van der Waals surface area contributed by atoms with Crippen LogP contribution in [0.15, 0.2) is 18.5 Å². The lowest BCUT2D eigenvalue weighted by Crippen LogP contribution is -2.14. The molecule has 0 fully saturated rings. The van der Waals surface area contributed by atoms with E-state index in [4.69, 9.17) is 16.3 Å². The Bertz CT molecular complexity index is 663. The lowest BCUT2D eigenvalue weighted by molar-refractivity contribution is 0.296. The zero-order valence-corrected chi connectivity index (χ0v) is 13.4. The second-order valence-corrected chi connectivity index (χ2v) is 5.75. The zero-order valence-electron chi connectivity index (χ0n) is 12.6. The number of halogens is 1. The van der Waals surface area contributed by atoms with Gasteiger partial charge < -0.3 is 10.1 Å². The fourth-order valence-corrected chi connectivity index (χ4v) is 2.61. The van der Waals surface area contributed by atoms with Crippen molar-refractivity contribution in [3.8, 4) is 5.88 Å². The van der Waals surface area contributed by atoms with Gasteiger partial charge in [-0.15, -0.1) is 0 Å². The number of ether oxygens (including phenoxy) is 1. The molecule has 0 amide bonds. The van der Waals surface area contributed by atoms with Crippen molar-refractivity contribution in [1.82, 2.24) is 15.0 Å². The van der Waals surface area contributed by atoms with E-state index in [1.165, 1.54) is 18.3 Å². The Hall–Kier alpha value is -1.88. The first-order valence-electron chi connectivity index (χ1n) is 7.56. The van der Waals surface area contributed by atoms with Crippen LogP contribution in [-0.2, 0) is 12.8 Å². The molecule has 116 valence electrons. The van der Waals surface area contributed by atoms with E-state index in [0.29, 0.717) is 17.6 Å². The van der Waals surface area contributed by atoms with Gasteiger partial charge in [-0.1, -0.05) is 17.7 Å². The van der Waals surface area contributed by atoms with Gasteiger partial charge in [-0.05, 0) is 44.2 Å². The molecule has 0 bridgehead atoms. The number of fused-ring (bicyclic) bond motifs is 1. The Morgan fingerprint density at radius 1 is 1.32 bits per heavy atom. The van der Waals surface area contributed by atoms with Gasteiger partial charge in [0, 0.05) is 17.8 Å². The quantitative estimate of drug-likeness (QED) is 0.677. The van der Waals surface area contributed by atoms with Gasteiger partial charge in [0.1, 0.15) is 17.3 Å². The molecule has 0 aromatic carbocycles. The molecule has 2 aromatic heterocycles. The zero-order chi connectivity index (χ0) is 15.4. The molecule has 2 aromatic rings. The predicted molar refractivity (Wildman–Crippen MR) is 86.6 cm³/mol. The second kappa shape index (κ2) is 6.92. The van der Waals surface area contributed by atoms with Gasteiger partial charge in [0.25, 0.3) is 0 Å². The van der Waals surface area contributed by atoms with Crippen LogP contribution < -0.4 is 10.1 Å². The number of rotatable bonds is 5. The van der Waals surface area contributed by atoms with Crippen molar-refractivity contribution in [2.24, 2.45) is 0 Å². The molecule has 6 heteroatoms. The van der Waals surface area contributed by atoms with E-state index in [9.17, 15) is 0 Å². The van der Waals surface area contributed by atoms with Crippen LogP contribution in [0, 0.1) is 6.92 Å². The number of aryl methyl sites for hydroxylation is 2. The van der Waals surface area contributed by atoms with Gasteiger partial charge in [0.15, 0.2) is 0 Å². The van der Waals surface area contributed by atoms with Crippen molar-refractivity contribution in [3.05, 3.63) is 40.4 Å². The van der Waals surface area contributed by atoms with Crippen molar-refractivity contribution < 1.29 is 4.74 Å². The third-order valence-electron chi connectivity index (χ3n) is 3.74. The summed E-state index contributed by atoms with van der Waals surface area (Å²) in [6.07, 6.45) is 5.48. The fraction of sp³-hybridized carbons (Fsp3) is 0.438. The van der Waals surface area contributed by atoms with E-state index >= 15 is 0 Å². The van der Waals surface area contributed by atoms with E-state index in [0.717, 1.165) is 42.9 Å². The molecule has 22 heavy (non-hydrogen) atoms. The summed E-state index contributed by atoms with van der Waals surface area (Å²) >= 11 is 5.94. The Kier molecular flexibility index (Phi) is 4.73. The highest BCUT2D eigenvalue weighted by atomic mass is 35.5. The molecule has 0 unspecified atom stereocenters. The molecule has 0 spiro atoms. The predicted octanol–water partition coefficient (Wildman–Crippen LogP) is 3.20. The molecule has 1 aliphatic heterocycles. The molecule has 0 aliphatic carbocycles. The molecular weight excluding hydrogens is 300 g/mol. The number of hydrogen-bond acceptors (Lipinski definition) is 5. The summed E-state index contributed by atoms with van der Waals surface area (Å²) in [5.41, 5.74) is 3.19. The summed E-state index contributed by atoms with van der Waals surface area (Å²) < 4.78 is 5.67. The molecule has 3 rings (SSSR count). The van der Waals surface area contributed by atoms with Crippen LogP contribution in [0.5, 0.6) is 5.88 Å². The summed E-state index contributed by atoms with van der Waals surface area (Å²) in [7, 11) is 0. The topological polar surface area (TPSA) is 59.9 Å². The van der Waals surface area contributed by atoms with Crippen LogP contribution in [0.2, 0.25) is 5.15 Å². The second-order valence-electron chi connectivity index (χ2n) is 5.39. The molecule has 1 N–H and O–H groups in total. The molecule has 5 nitrogen and oxygen atoms in total. The molecule has 3 heterocycles. The molecular formula is C16H19ClN4O. The SMILES string of the molecule is Cc1c(Cl)ncnc1OCCCc1ccc2c(n1)NCCC2. The first-order chi connectivity index (χ1) is 10.7. The van der Waals surface area contributed by atoms with Crippen molar-refractivity contribution in [3.63, 3.8) is 0 Å². The Morgan fingerprint density at radius 3 is 3.14 bits per heavy atom. The Labute approximate surface area is 135 Å². The van der Waals surface area contributed by atoms with E-state index in [-0.39, 0.29) is 0 Å². The van der Waals surface area contributed by atoms with Crippen LogP contribution in [0.1, 0.15) is 29.7 Å². The maximum absolute atomic E-state index is 5.94. The van der Waals surface area contributed by atoms with E-state index in [2.05, 4.69) is 32.4 Å². The van der Waals surface area contributed by atoms with Crippen LogP contribution >= 0.6 is 11.6 Å². The monoisotopic (exact) mass is 318 g/mol. The van der Waals surface area contributed by atoms with Crippen molar-refractivity contribution >= 4 is 17.4 Å². The minimum Gasteiger partial charge on any atom is -0.477 e. The van der Waals surface area contributed by atoms with Gasteiger partial charge in [-0.2, -0.15) is 0 Å². The molecule has 0 saturated heterocycles. The van der Waals surface area contributed by atoms with Crippen molar-refractivity contribution in [2.75, 3.05) is 18.5 Å². The van der Waals surface area contributed by atoms with E-state index < -0.39 is 0 Å². The highest BCUT2D eigenvalue weighted by Gasteiger charge is 2.10. The lowest BCUT2D eigenvalue weighted by Gasteiger charge is -2.17. The number of nitrogens with one attached hydrogen (secondary N) is 1. The fourth-order valence-electron chi connectivity index (χ4n) is 2.49. The van der Waals surface area contributed by atoms with Crippen molar-refractivity contribution in [1.29, 1.82) is 0 Å². The maximum atomic E-state index is 5.94. The van der Waals surface area contributed by atoms with Crippen LogP contribution in [0.25, 0.3) is 0 Å². The number of hydrogen-bond donors (Lipinski definition) is 1. The molecule has 0 radical (unpaired) electrons. The highest BCUT2D eigenvalue weighted by molar-refractivity contribution is 6.30. The third kappa shape index (κ3) is 3.47. The maximum Gasteiger partial charge on any atom is 0.220 e. The Morgan fingerprint density at radius 2 is 2.23 bits per heavy atom. The van der Waals surface area contributed by atoms with Gasteiger partial charge in [-0.25, -0.2) is 15.0 Å². The van der Waals surface area contributed by atoms with Gasteiger partial charge >= 0.3 is 0 Å². The summed E-state index contributed by atoms with van der Waals surface area (Å²) in [4.78, 5) is 12.7. The standard InChI is InChI=1S/C16H19ClN4O/c1-11-14(17)19-10-20-16(11)22-9-3-5-13-7-6-12-4-2-8-18-15(12)21-13/h6-7,10H,2-5,8-9H2,1H3,(H,18,21). The average molecular weight is 319 g/mol. The summed E-state index contributed by atoms with van der Waals surface area (Å²) in [5.74, 6) is 1.60. The number of aromatic nitrogens is 3. The lowest BCUT2D eigenvalue weighted by atomic mass is 10.1. The van der Waals surface area contributed by atoms with E-state index in [1.54, 1.807) is 0 Å². The van der Waals surface area contributed by atoms with Gasteiger partial charge in [-0.3, -0.25) is 0 Å². The molecule has 0 saturated carbocycles. The highest BCUT2D eigenvalue weighted by Crippen LogP contribution is 2.21. The largest absolute Gasteiger partial charge is 0.477 e. The summed E-state index contributed by atoms with van der Waals surface area (Å²) in [6, 6.07) is 4.29. The summed E-state index contributed by atoms with van der Waals surface area (Å²) in [5, 5.41) is 3.80. The molecule has 1 aliphatic rings. The minimum atomic E-state index is 0.437. The molecule has 0 atom stereocenters. The smallest absolute Gasteiger partial charge is 0.220 e. The number of pyridine rings is 1. The minimum absolute atomic E-state index is 0.437.